The van der Waals surface area contributed by atoms with Gasteiger partial charge in [-0.2, -0.15) is 0 Å². The Hall–Kier alpha value is -3.26. The zero-order valence-electron chi connectivity index (χ0n) is 35.0. The molecule has 318 valence electrons. The highest BCUT2D eigenvalue weighted by atomic mass is 79.9. The molecule has 0 atom stereocenters. The average molecular weight is 904 g/mol. The Labute approximate surface area is 354 Å². The number of hydrogen-bond donors (Lipinski definition) is 4. The summed E-state index contributed by atoms with van der Waals surface area (Å²) in [5, 5.41) is 7.19. The molecule has 58 heavy (non-hydrogen) atoms. The topological polar surface area (TPSA) is 170 Å². The molecule has 3 heterocycles. The Bertz CT molecular complexity index is 2170. The molecule has 14 nitrogen and oxygen atoms in total. The number of nitrogens with one attached hydrogen (secondary N) is 4. The van der Waals surface area contributed by atoms with Crippen LogP contribution in [-0.2, 0) is 43.5 Å². The SMILES string of the molecule is CNS(=O)(=O)c1ccc(NC2CCCCC2)c(-c2cn(C)cn2)c1.CNS(=O)(=O)c1ccc(NC2CCCCC2)c(B2OC(C)(C)C(C)(C)O2)c1.Cn1cnc(Br)c1. The average Bonchev–Trinajstić information content (AvgIpc) is 3.87. The second-order valence-electron chi connectivity index (χ2n) is 16.2. The van der Waals surface area contributed by atoms with E-state index in [1.807, 2.05) is 75.5 Å². The normalized spacial score (nSPS) is 18.5. The van der Waals surface area contributed by atoms with Crippen LogP contribution in [0.25, 0.3) is 11.3 Å². The van der Waals surface area contributed by atoms with Crippen LogP contribution in [0.2, 0.25) is 0 Å². The molecule has 3 aliphatic rings. The maximum absolute atomic E-state index is 12.3. The molecule has 2 aromatic carbocycles. The molecule has 1 aliphatic heterocycles. The minimum atomic E-state index is -3.55. The molecular formula is C40H60BBrN8O6S2. The van der Waals surface area contributed by atoms with Crippen molar-refractivity contribution in [3.8, 4) is 11.3 Å². The van der Waals surface area contributed by atoms with Crippen molar-refractivity contribution < 1.29 is 26.1 Å². The first-order valence-electron chi connectivity index (χ1n) is 20.0. The van der Waals surface area contributed by atoms with Crippen molar-refractivity contribution in [1.82, 2.24) is 28.5 Å². The van der Waals surface area contributed by atoms with E-state index in [4.69, 9.17) is 9.31 Å². The van der Waals surface area contributed by atoms with E-state index in [2.05, 4.69) is 46.0 Å². The molecule has 4 aromatic rings. The Kier molecular flexibility index (Phi) is 15.3. The van der Waals surface area contributed by atoms with Crippen LogP contribution in [0.1, 0.15) is 91.9 Å². The summed E-state index contributed by atoms with van der Waals surface area (Å²) in [6.07, 6.45) is 19.3. The fraction of sp³-hybridized carbons (Fsp3) is 0.550. The maximum atomic E-state index is 12.3. The lowest BCUT2D eigenvalue weighted by atomic mass is 9.77. The van der Waals surface area contributed by atoms with Crippen LogP contribution in [0, 0.1) is 0 Å². The van der Waals surface area contributed by atoms with Gasteiger partial charge in [-0.3, -0.25) is 0 Å². The summed E-state index contributed by atoms with van der Waals surface area (Å²) in [5.74, 6) is 0. The van der Waals surface area contributed by atoms with Crippen molar-refractivity contribution in [1.29, 1.82) is 0 Å². The van der Waals surface area contributed by atoms with Crippen molar-refractivity contribution in [2.24, 2.45) is 14.1 Å². The molecule has 3 fully saturated rings. The summed E-state index contributed by atoms with van der Waals surface area (Å²) in [4.78, 5) is 8.75. The van der Waals surface area contributed by atoms with Crippen LogP contribution in [0.5, 0.6) is 0 Å². The lowest BCUT2D eigenvalue weighted by Gasteiger charge is -2.32. The summed E-state index contributed by atoms with van der Waals surface area (Å²) in [6, 6.07) is 11.1. The highest BCUT2D eigenvalue weighted by Crippen LogP contribution is 2.38. The summed E-state index contributed by atoms with van der Waals surface area (Å²) in [7, 11) is -0.983. The second-order valence-corrected chi connectivity index (χ2v) is 20.8. The van der Waals surface area contributed by atoms with Gasteiger partial charge in [-0.15, -0.1) is 0 Å². The van der Waals surface area contributed by atoms with Crippen molar-refractivity contribution in [3.63, 3.8) is 0 Å². The Balaban J connectivity index is 0.000000190. The van der Waals surface area contributed by atoms with Gasteiger partial charge in [0, 0.05) is 61.0 Å². The first-order chi connectivity index (χ1) is 27.3. The number of halogens is 1. The van der Waals surface area contributed by atoms with E-state index in [-0.39, 0.29) is 9.79 Å². The third-order valence-corrected chi connectivity index (χ3v) is 14.5. The van der Waals surface area contributed by atoms with Gasteiger partial charge in [-0.05, 0) is 120 Å². The zero-order chi connectivity index (χ0) is 42.3. The van der Waals surface area contributed by atoms with Crippen molar-refractivity contribution in [2.45, 2.75) is 125 Å². The quantitative estimate of drug-likeness (QED) is 0.128. The van der Waals surface area contributed by atoms with E-state index < -0.39 is 38.4 Å². The summed E-state index contributed by atoms with van der Waals surface area (Å²) >= 11 is 3.20. The largest absolute Gasteiger partial charge is 0.497 e. The van der Waals surface area contributed by atoms with Crippen molar-refractivity contribution in [3.05, 3.63) is 66.0 Å². The monoisotopic (exact) mass is 902 g/mol. The van der Waals surface area contributed by atoms with E-state index >= 15 is 0 Å². The van der Waals surface area contributed by atoms with E-state index in [9.17, 15) is 16.8 Å². The van der Waals surface area contributed by atoms with E-state index in [1.165, 1.54) is 52.6 Å². The lowest BCUT2D eigenvalue weighted by molar-refractivity contribution is 0.00578. The third kappa shape index (κ3) is 11.7. The molecule has 0 spiro atoms. The van der Waals surface area contributed by atoms with Gasteiger partial charge >= 0.3 is 7.12 Å². The number of aryl methyl sites for hydroxylation is 2. The fourth-order valence-electron chi connectivity index (χ4n) is 7.13. The standard InChI is InChI=1S/C19H31BN2O4S.C17H24N4O2S.C4H5BrN2/c1-18(2)19(3,4)26-20(25-18)16-13-15(27(23,24)21-5)11-12-17(16)22-14-9-7-6-8-10-14;1-18-24(22,23)14-8-9-16(20-13-6-4-3-5-7-13)15(10-14)17-11-21(2)12-19-17;1-7-2-4(5)6-3-7/h11-14,21-22H,6-10H2,1-5H3;8-13,18,20H,3-7H2,1-2H3;2-3H,1H3. The van der Waals surface area contributed by atoms with E-state index in [0.29, 0.717) is 12.1 Å². The number of imidazole rings is 2. The smallest absolute Gasteiger partial charge is 0.399 e. The maximum Gasteiger partial charge on any atom is 0.497 e. The van der Waals surface area contributed by atoms with Gasteiger partial charge in [0.15, 0.2) is 0 Å². The van der Waals surface area contributed by atoms with E-state index in [0.717, 1.165) is 58.4 Å². The highest BCUT2D eigenvalue weighted by molar-refractivity contribution is 9.10. The van der Waals surface area contributed by atoms with Crippen molar-refractivity contribution >= 4 is 59.9 Å². The highest BCUT2D eigenvalue weighted by Gasteiger charge is 2.52. The third-order valence-electron chi connectivity index (χ3n) is 11.3. The van der Waals surface area contributed by atoms with Gasteiger partial charge < -0.3 is 29.1 Å². The van der Waals surface area contributed by atoms with Gasteiger partial charge in [0.25, 0.3) is 0 Å². The number of anilines is 2. The summed E-state index contributed by atoms with van der Waals surface area (Å²) in [6.45, 7) is 7.98. The van der Waals surface area contributed by atoms with Gasteiger partial charge in [0.1, 0.15) is 4.60 Å². The van der Waals surface area contributed by atoms with E-state index in [1.54, 1.807) is 36.9 Å². The first kappa shape index (κ1) is 45.8. The predicted octanol–water partition coefficient (Wildman–Crippen LogP) is 6.56. The second kappa shape index (κ2) is 19.4. The minimum absolute atomic E-state index is 0.212. The Morgan fingerprint density at radius 3 is 1.59 bits per heavy atom. The van der Waals surface area contributed by atoms with Crippen molar-refractivity contribution in [2.75, 3.05) is 24.7 Å². The molecule has 4 N–H and O–H groups in total. The predicted molar refractivity (Wildman–Crippen MR) is 235 cm³/mol. The van der Waals surface area contributed by atoms with Gasteiger partial charge in [-0.25, -0.2) is 36.2 Å². The Morgan fingerprint density at radius 2 is 1.16 bits per heavy atom. The molecule has 18 heteroatoms. The van der Waals surface area contributed by atoms with Crippen LogP contribution in [0.4, 0.5) is 11.4 Å². The zero-order valence-corrected chi connectivity index (χ0v) is 38.2. The Morgan fingerprint density at radius 1 is 0.690 bits per heavy atom. The number of hydrogen-bond acceptors (Lipinski definition) is 10. The molecule has 2 aromatic heterocycles. The molecule has 0 amide bonds. The van der Waals surface area contributed by atoms with Crippen LogP contribution < -0.4 is 25.5 Å². The molecule has 0 bridgehead atoms. The van der Waals surface area contributed by atoms with Gasteiger partial charge in [-0.1, -0.05) is 38.5 Å². The lowest BCUT2D eigenvalue weighted by Crippen LogP contribution is -2.41. The number of sulfonamides is 2. The first-order valence-corrected chi connectivity index (χ1v) is 23.8. The summed E-state index contributed by atoms with van der Waals surface area (Å²) < 4.78 is 70.7. The molecule has 7 rings (SSSR count). The molecule has 1 saturated heterocycles. The number of benzene rings is 2. The van der Waals surface area contributed by atoms with Crippen LogP contribution in [0.15, 0.2) is 75.8 Å². The van der Waals surface area contributed by atoms with Gasteiger partial charge in [0.05, 0.1) is 39.3 Å². The molecule has 0 radical (unpaired) electrons. The van der Waals surface area contributed by atoms with Crippen LogP contribution in [0.3, 0.4) is 0 Å². The van der Waals surface area contributed by atoms with Crippen LogP contribution in [-0.4, -0.2) is 80.4 Å². The molecule has 2 aliphatic carbocycles. The van der Waals surface area contributed by atoms with Crippen LogP contribution >= 0.6 is 15.9 Å². The summed E-state index contributed by atoms with van der Waals surface area (Å²) in [5.41, 5.74) is 3.16. The number of nitrogens with zero attached hydrogens (tertiary/aromatic N) is 4. The molecule has 2 saturated carbocycles. The number of rotatable bonds is 10. The molecular weight excluding hydrogens is 843 g/mol. The fourth-order valence-corrected chi connectivity index (χ4v) is 9.07. The number of aromatic nitrogens is 4. The molecule has 0 unspecified atom stereocenters. The van der Waals surface area contributed by atoms with Gasteiger partial charge in [0.2, 0.25) is 20.0 Å². The minimum Gasteiger partial charge on any atom is -0.399 e.